The number of benzene rings is 2. The monoisotopic (exact) mass is 274 g/mol. The topological polar surface area (TPSA) is 0 Å². The lowest BCUT2D eigenvalue weighted by atomic mass is 9.91. The second kappa shape index (κ2) is 6.19. The van der Waals surface area contributed by atoms with Crippen LogP contribution in [0.25, 0.3) is 11.1 Å². The molecule has 106 valence electrons. The average molecular weight is 274 g/mol. The van der Waals surface area contributed by atoms with E-state index < -0.39 is 0 Å². The summed E-state index contributed by atoms with van der Waals surface area (Å²) in [6.45, 7) is 2.23. The lowest BCUT2D eigenvalue weighted by Crippen LogP contribution is -1.97. The van der Waals surface area contributed by atoms with Gasteiger partial charge in [-0.05, 0) is 40.7 Å². The van der Waals surface area contributed by atoms with Crippen LogP contribution >= 0.6 is 0 Å². The summed E-state index contributed by atoms with van der Waals surface area (Å²) in [7, 11) is 0. The molecule has 0 heterocycles. The zero-order chi connectivity index (χ0) is 14.7. The number of hydrogen-bond donors (Lipinski definition) is 0. The molecular weight excluding hydrogens is 252 g/mol. The molecule has 0 amide bonds. The Labute approximate surface area is 128 Å². The number of fused-ring (bicyclic) bond motifs is 3. The Hall–Kier alpha value is -2.00. The van der Waals surface area contributed by atoms with Gasteiger partial charge in [-0.3, -0.25) is 0 Å². The first-order valence-electron chi connectivity index (χ1n) is 8.00. The number of terminal acetylenes is 1. The molecule has 0 aromatic heterocycles. The van der Waals surface area contributed by atoms with Gasteiger partial charge in [-0.15, -0.1) is 6.42 Å². The summed E-state index contributed by atoms with van der Waals surface area (Å²) in [4.78, 5) is 0. The Kier molecular flexibility index (Phi) is 4.11. The van der Waals surface area contributed by atoms with Crippen molar-refractivity contribution >= 4 is 0 Å². The van der Waals surface area contributed by atoms with Crippen LogP contribution in [0, 0.1) is 12.3 Å². The van der Waals surface area contributed by atoms with Crippen molar-refractivity contribution in [3.05, 3.63) is 59.2 Å². The molecule has 0 heteroatoms. The highest BCUT2D eigenvalue weighted by molar-refractivity contribution is 5.77. The minimum Gasteiger partial charge on any atom is -0.119 e. The van der Waals surface area contributed by atoms with E-state index in [1.54, 1.807) is 0 Å². The molecule has 0 N–H and O–H groups in total. The van der Waals surface area contributed by atoms with Crippen molar-refractivity contribution in [2.45, 2.75) is 44.9 Å². The van der Waals surface area contributed by atoms with Crippen LogP contribution in [0.3, 0.4) is 0 Å². The summed E-state index contributed by atoms with van der Waals surface area (Å²) < 4.78 is 0. The molecule has 0 saturated carbocycles. The summed E-state index contributed by atoms with van der Waals surface area (Å²) in [6.07, 6.45) is 11.7. The second-order valence-corrected chi connectivity index (χ2v) is 5.97. The highest BCUT2D eigenvalue weighted by Crippen LogP contribution is 2.38. The SMILES string of the molecule is C#CC(CCCCC)c1ccc2c(c1)Cc1ccccc1-2. The van der Waals surface area contributed by atoms with E-state index in [9.17, 15) is 0 Å². The Balaban J connectivity index is 1.84. The Bertz CT molecular complexity index is 673. The van der Waals surface area contributed by atoms with E-state index in [2.05, 4.69) is 55.3 Å². The third-order valence-electron chi connectivity index (χ3n) is 4.52. The van der Waals surface area contributed by atoms with Crippen molar-refractivity contribution in [1.82, 2.24) is 0 Å². The fraction of sp³-hybridized carbons (Fsp3) is 0.333. The molecule has 0 saturated heterocycles. The van der Waals surface area contributed by atoms with Gasteiger partial charge < -0.3 is 0 Å². The van der Waals surface area contributed by atoms with Crippen molar-refractivity contribution in [3.63, 3.8) is 0 Å². The van der Waals surface area contributed by atoms with Gasteiger partial charge in [0.2, 0.25) is 0 Å². The van der Waals surface area contributed by atoms with Gasteiger partial charge in [0.25, 0.3) is 0 Å². The Morgan fingerprint density at radius 2 is 1.86 bits per heavy atom. The van der Waals surface area contributed by atoms with E-state index in [0.717, 1.165) is 12.8 Å². The number of unbranched alkanes of at least 4 members (excludes halogenated alkanes) is 2. The van der Waals surface area contributed by atoms with E-state index in [1.807, 2.05) is 0 Å². The third kappa shape index (κ3) is 2.74. The van der Waals surface area contributed by atoms with E-state index in [-0.39, 0.29) is 5.92 Å². The molecule has 0 fully saturated rings. The molecule has 1 aliphatic rings. The zero-order valence-corrected chi connectivity index (χ0v) is 12.7. The van der Waals surface area contributed by atoms with Crippen LogP contribution in [0.5, 0.6) is 0 Å². The van der Waals surface area contributed by atoms with Gasteiger partial charge in [-0.1, -0.05) is 74.6 Å². The standard InChI is InChI=1S/C21H22/c1-3-5-6-9-16(4-2)17-12-13-21-19(14-17)15-18-10-7-8-11-20(18)21/h2,7-8,10-14,16H,3,5-6,9,15H2,1H3. The maximum Gasteiger partial charge on any atom is 0.0449 e. The van der Waals surface area contributed by atoms with Crippen LogP contribution in [0.4, 0.5) is 0 Å². The largest absolute Gasteiger partial charge is 0.119 e. The molecule has 0 aliphatic heterocycles. The maximum atomic E-state index is 5.77. The van der Waals surface area contributed by atoms with Crippen LogP contribution in [0.1, 0.15) is 55.2 Å². The first kappa shape index (κ1) is 14.0. The van der Waals surface area contributed by atoms with Gasteiger partial charge in [0, 0.05) is 5.92 Å². The maximum absolute atomic E-state index is 5.77. The molecule has 1 aliphatic carbocycles. The fourth-order valence-corrected chi connectivity index (χ4v) is 3.33. The molecule has 1 atom stereocenters. The summed E-state index contributed by atoms with van der Waals surface area (Å²) in [5.41, 5.74) is 6.97. The van der Waals surface area contributed by atoms with Crippen molar-refractivity contribution in [3.8, 4) is 23.5 Å². The van der Waals surface area contributed by atoms with E-state index in [1.165, 1.54) is 47.1 Å². The predicted octanol–water partition coefficient (Wildman–Crippen LogP) is 5.55. The summed E-state index contributed by atoms with van der Waals surface area (Å²) in [5.74, 6) is 3.26. The second-order valence-electron chi connectivity index (χ2n) is 5.97. The third-order valence-corrected chi connectivity index (χ3v) is 4.52. The molecular formula is C21H22. The zero-order valence-electron chi connectivity index (χ0n) is 12.7. The van der Waals surface area contributed by atoms with E-state index in [4.69, 9.17) is 6.42 Å². The highest BCUT2D eigenvalue weighted by Gasteiger charge is 2.19. The quantitative estimate of drug-likeness (QED) is 0.422. The molecule has 2 aromatic rings. The Morgan fingerprint density at radius 1 is 1.05 bits per heavy atom. The van der Waals surface area contributed by atoms with Gasteiger partial charge in [0.05, 0.1) is 0 Å². The predicted molar refractivity (Wildman–Crippen MR) is 90.4 cm³/mol. The Morgan fingerprint density at radius 3 is 2.67 bits per heavy atom. The van der Waals surface area contributed by atoms with Crippen LogP contribution in [-0.2, 0) is 6.42 Å². The van der Waals surface area contributed by atoms with Crippen molar-refractivity contribution in [1.29, 1.82) is 0 Å². The summed E-state index contributed by atoms with van der Waals surface area (Å²) >= 11 is 0. The van der Waals surface area contributed by atoms with E-state index >= 15 is 0 Å². The van der Waals surface area contributed by atoms with E-state index in [0.29, 0.717) is 0 Å². The molecule has 3 rings (SSSR count). The molecule has 1 unspecified atom stereocenters. The van der Waals surface area contributed by atoms with Crippen molar-refractivity contribution in [2.75, 3.05) is 0 Å². The van der Waals surface area contributed by atoms with Crippen LogP contribution in [0.2, 0.25) is 0 Å². The molecule has 0 bridgehead atoms. The molecule has 0 nitrogen and oxygen atoms in total. The summed E-state index contributed by atoms with van der Waals surface area (Å²) in [6, 6.07) is 15.5. The first-order chi connectivity index (χ1) is 10.3. The molecule has 2 aromatic carbocycles. The normalized spacial score (nSPS) is 13.3. The van der Waals surface area contributed by atoms with Gasteiger partial charge in [-0.25, -0.2) is 0 Å². The lowest BCUT2D eigenvalue weighted by Gasteiger charge is -2.12. The summed E-state index contributed by atoms with van der Waals surface area (Å²) in [5, 5.41) is 0. The van der Waals surface area contributed by atoms with Gasteiger partial charge in [0.15, 0.2) is 0 Å². The average Bonchev–Trinajstić information content (AvgIpc) is 2.89. The van der Waals surface area contributed by atoms with Gasteiger partial charge in [-0.2, -0.15) is 0 Å². The smallest absolute Gasteiger partial charge is 0.0449 e. The van der Waals surface area contributed by atoms with Crippen molar-refractivity contribution in [2.24, 2.45) is 0 Å². The highest BCUT2D eigenvalue weighted by atomic mass is 14.2. The van der Waals surface area contributed by atoms with Crippen molar-refractivity contribution < 1.29 is 0 Å². The number of hydrogen-bond acceptors (Lipinski definition) is 0. The first-order valence-corrected chi connectivity index (χ1v) is 8.00. The van der Waals surface area contributed by atoms with Crippen LogP contribution in [0.15, 0.2) is 42.5 Å². The fourth-order valence-electron chi connectivity index (χ4n) is 3.33. The molecule has 21 heavy (non-hydrogen) atoms. The van der Waals surface area contributed by atoms with Gasteiger partial charge in [0.1, 0.15) is 0 Å². The van der Waals surface area contributed by atoms with Crippen LogP contribution < -0.4 is 0 Å². The molecule has 0 spiro atoms. The minimum absolute atomic E-state index is 0.269. The lowest BCUT2D eigenvalue weighted by molar-refractivity contribution is 0.637. The van der Waals surface area contributed by atoms with Crippen LogP contribution in [-0.4, -0.2) is 0 Å². The van der Waals surface area contributed by atoms with Gasteiger partial charge >= 0.3 is 0 Å². The number of rotatable bonds is 5. The minimum atomic E-state index is 0.269. The molecule has 0 radical (unpaired) electrons.